The maximum atomic E-state index is 12.6. The molecular formula is C16H18N2O4S. The minimum Gasteiger partial charge on any atom is -0.481 e. The number of thioether (sulfide) groups is 1. The van der Waals surface area contributed by atoms with Crippen LogP contribution in [0.4, 0.5) is 5.69 Å². The van der Waals surface area contributed by atoms with Crippen LogP contribution in [0.1, 0.15) is 13.8 Å². The quantitative estimate of drug-likeness (QED) is 0.846. The Hall–Kier alpha value is -2.02. The molecule has 2 saturated heterocycles. The average Bonchev–Trinajstić information content (AvgIpc) is 2.53. The van der Waals surface area contributed by atoms with Crippen molar-refractivity contribution in [3.63, 3.8) is 0 Å². The Morgan fingerprint density at radius 3 is 2.57 bits per heavy atom. The number of rotatable bonds is 3. The second-order valence-corrected chi connectivity index (χ2v) is 7.31. The fraction of sp³-hybridized carbons (Fsp3) is 0.438. The number of amides is 2. The van der Waals surface area contributed by atoms with Crippen LogP contribution >= 0.6 is 11.8 Å². The van der Waals surface area contributed by atoms with Crippen LogP contribution in [-0.4, -0.2) is 51.5 Å². The summed E-state index contributed by atoms with van der Waals surface area (Å²) >= 11 is 1.43. The Balaban J connectivity index is 1.85. The zero-order valence-electron chi connectivity index (χ0n) is 12.9. The van der Waals surface area contributed by atoms with Crippen LogP contribution in [0.2, 0.25) is 0 Å². The molecule has 0 bridgehead atoms. The van der Waals surface area contributed by atoms with Gasteiger partial charge in [-0.3, -0.25) is 19.3 Å². The zero-order valence-corrected chi connectivity index (χ0v) is 13.7. The number of aliphatic carboxylic acids is 1. The predicted molar refractivity (Wildman–Crippen MR) is 87.1 cm³/mol. The number of hydrogen-bond acceptors (Lipinski definition) is 4. The second kappa shape index (κ2) is 5.56. The summed E-state index contributed by atoms with van der Waals surface area (Å²) in [7, 11) is 0. The van der Waals surface area contributed by atoms with Crippen molar-refractivity contribution < 1.29 is 19.5 Å². The smallest absolute Gasteiger partial charge is 0.312 e. The Morgan fingerprint density at radius 2 is 2.00 bits per heavy atom. The number of hydrogen-bond donors (Lipinski definition) is 1. The van der Waals surface area contributed by atoms with E-state index in [0.717, 1.165) is 0 Å². The molecule has 2 heterocycles. The normalized spacial score (nSPS) is 29.5. The monoisotopic (exact) mass is 334 g/mol. The average molecular weight is 334 g/mol. The van der Waals surface area contributed by atoms with Crippen molar-refractivity contribution in [2.45, 2.75) is 25.3 Å². The molecule has 3 rings (SSSR count). The minimum absolute atomic E-state index is 0.181. The van der Waals surface area contributed by atoms with E-state index in [1.165, 1.54) is 23.6 Å². The van der Waals surface area contributed by atoms with Crippen LogP contribution in [0.5, 0.6) is 0 Å². The number of carboxylic acid groups (broad SMARTS) is 1. The van der Waals surface area contributed by atoms with Crippen LogP contribution in [0, 0.1) is 5.41 Å². The van der Waals surface area contributed by atoms with Crippen molar-refractivity contribution >= 4 is 35.2 Å². The lowest BCUT2D eigenvalue weighted by Gasteiger charge is -2.55. The van der Waals surface area contributed by atoms with Crippen molar-refractivity contribution in [1.29, 1.82) is 0 Å². The number of β-lactam (4-membered cyclic amide) rings is 1. The first-order valence-corrected chi connectivity index (χ1v) is 8.40. The molecule has 23 heavy (non-hydrogen) atoms. The highest BCUT2D eigenvalue weighted by Gasteiger charge is 2.58. The maximum absolute atomic E-state index is 12.6. The van der Waals surface area contributed by atoms with Crippen molar-refractivity contribution in [3.05, 3.63) is 30.3 Å². The predicted octanol–water partition coefficient (Wildman–Crippen LogP) is 1.41. The van der Waals surface area contributed by atoms with Gasteiger partial charge in [-0.25, -0.2) is 0 Å². The Labute approximate surface area is 138 Å². The Bertz CT molecular complexity index is 665. The molecule has 2 amide bonds. The third-order valence-corrected chi connectivity index (χ3v) is 6.03. The molecule has 1 aromatic carbocycles. The van der Waals surface area contributed by atoms with E-state index in [0.29, 0.717) is 11.4 Å². The Kier molecular flexibility index (Phi) is 3.83. The summed E-state index contributed by atoms with van der Waals surface area (Å²) in [6.45, 7) is 3.28. The van der Waals surface area contributed by atoms with E-state index < -0.39 is 17.4 Å². The highest BCUT2D eigenvalue weighted by molar-refractivity contribution is 8.00. The van der Waals surface area contributed by atoms with Crippen LogP contribution in [0.15, 0.2) is 30.3 Å². The number of carboxylic acids is 1. The van der Waals surface area contributed by atoms with Crippen LogP contribution in [0.3, 0.4) is 0 Å². The number of para-hydroxylation sites is 1. The van der Waals surface area contributed by atoms with E-state index in [2.05, 4.69) is 0 Å². The molecule has 1 aromatic rings. The van der Waals surface area contributed by atoms with E-state index in [1.54, 1.807) is 24.0 Å². The molecule has 7 heteroatoms. The molecule has 2 unspecified atom stereocenters. The molecule has 2 aliphatic rings. The number of carbonyl (C=O) groups excluding carboxylic acids is 2. The van der Waals surface area contributed by atoms with Crippen molar-refractivity contribution in [3.8, 4) is 0 Å². The van der Waals surface area contributed by atoms with Gasteiger partial charge in [-0.2, -0.15) is 0 Å². The molecule has 2 aliphatic heterocycles. The van der Waals surface area contributed by atoms with Gasteiger partial charge in [0.15, 0.2) is 0 Å². The van der Waals surface area contributed by atoms with Gasteiger partial charge in [0, 0.05) is 24.9 Å². The first-order chi connectivity index (χ1) is 10.8. The number of nitrogens with zero attached hydrogens (tertiary/aromatic N) is 2. The van der Waals surface area contributed by atoms with Crippen LogP contribution in [0.25, 0.3) is 0 Å². The summed E-state index contributed by atoms with van der Waals surface area (Å²) < 4.78 is 0. The van der Waals surface area contributed by atoms with Gasteiger partial charge in [0.1, 0.15) is 11.4 Å². The third kappa shape index (κ3) is 2.49. The lowest BCUT2D eigenvalue weighted by Crippen LogP contribution is -2.74. The van der Waals surface area contributed by atoms with Gasteiger partial charge in [0.2, 0.25) is 11.8 Å². The summed E-state index contributed by atoms with van der Waals surface area (Å²) in [4.78, 5) is 39.1. The van der Waals surface area contributed by atoms with Crippen LogP contribution < -0.4 is 4.90 Å². The largest absolute Gasteiger partial charge is 0.481 e. The summed E-state index contributed by atoms with van der Waals surface area (Å²) in [5, 5.41) is 9.16. The third-order valence-electron chi connectivity index (χ3n) is 4.37. The Morgan fingerprint density at radius 1 is 1.35 bits per heavy atom. The molecule has 1 N–H and O–H groups in total. The molecule has 0 spiro atoms. The topological polar surface area (TPSA) is 77.9 Å². The zero-order chi connectivity index (χ0) is 16.8. The molecule has 0 aromatic heterocycles. The van der Waals surface area contributed by atoms with Gasteiger partial charge in [0.05, 0.1) is 5.41 Å². The van der Waals surface area contributed by atoms with E-state index in [-0.39, 0.29) is 23.7 Å². The molecule has 0 aliphatic carbocycles. The highest BCUT2D eigenvalue weighted by atomic mass is 32.2. The van der Waals surface area contributed by atoms with E-state index in [4.69, 9.17) is 0 Å². The van der Waals surface area contributed by atoms with Crippen molar-refractivity contribution in [2.24, 2.45) is 5.41 Å². The van der Waals surface area contributed by atoms with Gasteiger partial charge in [0.25, 0.3) is 0 Å². The lowest BCUT2D eigenvalue weighted by molar-refractivity contribution is -0.156. The second-order valence-electron chi connectivity index (χ2n) is 6.20. The number of anilines is 1. The number of fused-ring (bicyclic) bond motifs is 1. The van der Waals surface area contributed by atoms with Gasteiger partial charge >= 0.3 is 5.97 Å². The molecule has 3 atom stereocenters. The molecule has 0 saturated carbocycles. The fourth-order valence-corrected chi connectivity index (χ4v) is 4.57. The van der Waals surface area contributed by atoms with Gasteiger partial charge in [-0.1, -0.05) is 18.2 Å². The summed E-state index contributed by atoms with van der Waals surface area (Å²) in [5.74, 6) is -0.852. The van der Waals surface area contributed by atoms with E-state index >= 15 is 0 Å². The molecule has 0 radical (unpaired) electrons. The minimum atomic E-state index is -0.935. The molecule has 122 valence electrons. The van der Waals surface area contributed by atoms with Crippen molar-refractivity contribution in [1.82, 2.24) is 4.90 Å². The highest BCUT2D eigenvalue weighted by Crippen LogP contribution is 2.44. The van der Waals surface area contributed by atoms with Gasteiger partial charge in [-0.15, -0.1) is 11.8 Å². The first kappa shape index (κ1) is 15.9. The van der Waals surface area contributed by atoms with E-state index in [1.807, 2.05) is 18.2 Å². The lowest BCUT2D eigenvalue weighted by atomic mass is 9.89. The standard InChI is InChI=1S/C16H18N2O4S/c1-10(19)18(11-6-4-3-5-7-11)12-13(20)17-8-16(2,15(21)22)9-23-14(12)17/h3-7,12,14H,8-9H2,1-2H3,(H,21,22)/t12?,14-,16?/m1/s1. The molecular weight excluding hydrogens is 316 g/mol. The summed E-state index contributed by atoms with van der Waals surface area (Å²) in [6, 6.07) is 8.53. The summed E-state index contributed by atoms with van der Waals surface area (Å²) in [5.41, 5.74) is -0.250. The molecule has 2 fully saturated rings. The summed E-state index contributed by atoms with van der Waals surface area (Å²) in [6.07, 6.45) is 0. The number of carbonyl (C=O) groups is 3. The van der Waals surface area contributed by atoms with Crippen molar-refractivity contribution in [2.75, 3.05) is 17.2 Å². The first-order valence-electron chi connectivity index (χ1n) is 7.35. The van der Waals surface area contributed by atoms with Crippen LogP contribution in [-0.2, 0) is 14.4 Å². The number of benzene rings is 1. The SMILES string of the molecule is CC(=O)N(c1ccccc1)C1C(=O)N2CC(C)(C(=O)O)CS[C@H]12. The van der Waals surface area contributed by atoms with Gasteiger partial charge < -0.3 is 10.0 Å². The van der Waals surface area contributed by atoms with E-state index in [9.17, 15) is 19.5 Å². The molecule has 6 nitrogen and oxygen atoms in total. The van der Waals surface area contributed by atoms with Gasteiger partial charge in [-0.05, 0) is 19.1 Å². The fourth-order valence-electron chi connectivity index (χ4n) is 3.04. The maximum Gasteiger partial charge on any atom is 0.312 e.